The lowest BCUT2D eigenvalue weighted by atomic mass is 10.2. The molecule has 0 aliphatic rings. The topological polar surface area (TPSA) is 32.3 Å². The second kappa shape index (κ2) is 8.59. The van der Waals surface area contributed by atoms with Gasteiger partial charge >= 0.3 is 6.03 Å². The number of carbonyl (C=O) groups excluding carboxylic acids is 1. The van der Waals surface area contributed by atoms with E-state index in [1.165, 1.54) is 0 Å². The Balaban J connectivity index is 2.07. The maximum atomic E-state index is 12.6. The van der Waals surface area contributed by atoms with E-state index in [1.54, 1.807) is 0 Å². The Morgan fingerprint density at radius 2 is 1.77 bits per heavy atom. The average molecular weight is 361 g/mol. The number of unbranched alkanes of at least 4 members (excludes halogenated alkanes) is 1. The number of nitrogens with one attached hydrogen (secondary N) is 1. The zero-order valence-corrected chi connectivity index (χ0v) is 14.3. The summed E-state index contributed by atoms with van der Waals surface area (Å²) in [7, 11) is 0. The molecule has 116 valence electrons. The van der Waals surface area contributed by atoms with Gasteiger partial charge in [0.05, 0.1) is 5.69 Å². The van der Waals surface area contributed by atoms with Crippen LogP contribution in [0.25, 0.3) is 0 Å². The molecule has 4 heteroatoms. The van der Waals surface area contributed by atoms with E-state index in [9.17, 15) is 4.79 Å². The lowest BCUT2D eigenvalue weighted by molar-refractivity contribution is 0.208. The Hall–Kier alpha value is -1.81. The molecule has 0 bridgehead atoms. The van der Waals surface area contributed by atoms with Gasteiger partial charge in [-0.2, -0.15) is 0 Å². The molecule has 0 heterocycles. The van der Waals surface area contributed by atoms with Crippen molar-refractivity contribution in [2.24, 2.45) is 0 Å². The van der Waals surface area contributed by atoms with Crippen molar-refractivity contribution in [1.82, 2.24) is 4.90 Å². The predicted octanol–water partition coefficient (Wildman–Crippen LogP) is 5.28. The Kier molecular flexibility index (Phi) is 6.46. The van der Waals surface area contributed by atoms with Gasteiger partial charge in [0.1, 0.15) is 0 Å². The zero-order valence-electron chi connectivity index (χ0n) is 12.8. The van der Waals surface area contributed by atoms with E-state index in [4.69, 9.17) is 0 Å². The van der Waals surface area contributed by atoms with Crippen LogP contribution in [0.1, 0.15) is 25.3 Å². The van der Waals surface area contributed by atoms with E-state index in [1.807, 2.05) is 59.5 Å². The fourth-order valence-electron chi connectivity index (χ4n) is 2.16. The molecule has 2 aromatic carbocycles. The molecular weight excluding hydrogens is 340 g/mol. The maximum Gasteiger partial charge on any atom is 0.322 e. The number of urea groups is 1. The number of anilines is 1. The van der Waals surface area contributed by atoms with Gasteiger partial charge in [0.25, 0.3) is 0 Å². The van der Waals surface area contributed by atoms with Gasteiger partial charge in [-0.25, -0.2) is 4.79 Å². The number of benzene rings is 2. The van der Waals surface area contributed by atoms with Crippen LogP contribution in [0.4, 0.5) is 10.5 Å². The van der Waals surface area contributed by atoms with Crippen molar-refractivity contribution in [3.63, 3.8) is 0 Å². The van der Waals surface area contributed by atoms with E-state index in [0.29, 0.717) is 6.54 Å². The molecule has 3 nitrogen and oxygen atoms in total. The van der Waals surface area contributed by atoms with Gasteiger partial charge < -0.3 is 10.2 Å². The third-order valence-corrected chi connectivity index (χ3v) is 4.09. The largest absolute Gasteiger partial charge is 0.322 e. The Morgan fingerprint density at radius 3 is 2.45 bits per heavy atom. The van der Waals surface area contributed by atoms with Gasteiger partial charge in [0, 0.05) is 17.6 Å². The predicted molar refractivity (Wildman–Crippen MR) is 94.9 cm³/mol. The highest BCUT2D eigenvalue weighted by Crippen LogP contribution is 2.22. The Labute approximate surface area is 140 Å². The molecule has 0 aliphatic carbocycles. The number of nitrogens with zero attached hydrogens (tertiary/aromatic N) is 1. The van der Waals surface area contributed by atoms with Gasteiger partial charge in [-0.05, 0) is 40.0 Å². The quantitative estimate of drug-likeness (QED) is 0.746. The molecule has 0 aliphatic heterocycles. The fourth-order valence-corrected chi connectivity index (χ4v) is 2.55. The SMILES string of the molecule is CCCCN(Cc1ccccc1)C(=O)Nc1ccccc1Br. The summed E-state index contributed by atoms with van der Waals surface area (Å²) in [5.74, 6) is 0. The summed E-state index contributed by atoms with van der Waals surface area (Å²) in [5, 5.41) is 2.98. The smallest absolute Gasteiger partial charge is 0.320 e. The van der Waals surface area contributed by atoms with Crippen LogP contribution in [0, 0.1) is 0 Å². The molecule has 0 atom stereocenters. The number of amides is 2. The number of halogens is 1. The summed E-state index contributed by atoms with van der Waals surface area (Å²) in [4.78, 5) is 14.4. The average Bonchev–Trinajstić information content (AvgIpc) is 2.54. The van der Waals surface area contributed by atoms with Crippen molar-refractivity contribution in [3.8, 4) is 0 Å². The first-order valence-corrected chi connectivity index (χ1v) is 8.34. The van der Waals surface area contributed by atoms with Gasteiger partial charge in [-0.3, -0.25) is 0 Å². The first-order chi connectivity index (χ1) is 10.7. The summed E-state index contributed by atoms with van der Waals surface area (Å²) < 4.78 is 0.888. The van der Waals surface area contributed by atoms with E-state index in [2.05, 4.69) is 28.2 Å². The van der Waals surface area contributed by atoms with Crippen LogP contribution in [0.3, 0.4) is 0 Å². The second-order valence-corrected chi connectivity index (χ2v) is 6.03. The van der Waals surface area contributed by atoms with Crippen LogP contribution in [0.5, 0.6) is 0 Å². The van der Waals surface area contributed by atoms with E-state index in [0.717, 1.165) is 35.1 Å². The van der Waals surface area contributed by atoms with Crippen molar-refractivity contribution < 1.29 is 4.79 Å². The molecule has 0 radical (unpaired) electrons. The molecular formula is C18H21BrN2O. The molecule has 0 saturated heterocycles. The van der Waals surface area contributed by atoms with Gasteiger partial charge in [0.2, 0.25) is 0 Å². The summed E-state index contributed by atoms with van der Waals surface area (Å²) in [6, 6.07) is 17.7. The van der Waals surface area contributed by atoms with Crippen LogP contribution in [-0.4, -0.2) is 17.5 Å². The summed E-state index contributed by atoms with van der Waals surface area (Å²) in [6.07, 6.45) is 2.06. The van der Waals surface area contributed by atoms with Crippen molar-refractivity contribution in [2.75, 3.05) is 11.9 Å². The standard InChI is InChI=1S/C18H21BrN2O/c1-2-3-13-21(14-15-9-5-4-6-10-15)18(22)20-17-12-8-7-11-16(17)19/h4-12H,2-3,13-14H2,1H3,(H,20,22). The van der Waals surface area contributed by atoms with Crippen LogP contribution >= 0.6 is 15.9 Å². The minimum atomic E-state index is -0.0656. The van der Waals surface area contributed by atoms with E-state index in [-0.39, 0.29) is 6.03 Å². The lowest BCUT2D eigenvalue weighted by Gasteiger charge is -2.23. The van der Waals surface area contributed by atoms with Crippen molar-refractivity contribution in [3.05, 3.63) is 64.6 Å². The van der Waals surface area contributed by atoms with Crippen molar-refractivity contribution in [1.29, 1.82) is 0 Å². The lowest BCUT2D eigenvalue weighted by Crippen LogP contribution is -2.35. The normalized spacial score (nSPS) is 10.3. The van der Waals surface area contributed by atoms with Gasteiger partial charge in [-0.1, -0.05) is 55.8 Å². The van der Waals surface area contributed by atoms with E-state index < -0.39 is 0 Å². The summed E-state index contributed by atoms with van der Waals surface area (Å²) in [5.41, 5.74) is 1.93. The molecule has 0 aromatic heterocycles. The number of rotatable bonds is 6. The molecule has 1 N–H and O–H groups in total. The van der Waals surface area contributed by atoms with Gasteiger partial charge in [-0.15, -0.1) is 0 Å². The minimum absolute atomic E-state index is 0.0656. The third kappa shape index (κ3) is 4.88. The fraction of sp³-hybridized carbons (Fsp3) is 0.278. The maximum absolute atomic E-state index is 12.6. The van der Waals surface area contributed by atoms with Crippen molar-refractivity contribution in [2.45, 2.75) is 26.3 Å². The van der Waals surface area contributed by atoms with Crippen molar-refractivity contribution >= 4 is 27.6 Å². The first kappa shape index (κ1) is 16.6. The number of hydrogen-bond acceptors (Lipinski definition) is 1. The molecule has 2 aromatic rings. The van der Waals surface area contributed by atoms with Crippen LogP contribution in [0.15, 0.2) is 59.1 Å². The van der Waals surface area contributed by atoms with Gasteiger partial charge in [0.15, 0.2) is 0 Å². The molecule has 22 heavy (non-hydrogen) atoms. The first-order valence-electron chi connectivity index (χ1n) is 7.55. The third-order valence-electron chi connectivity index (χ3n) is 3.40. The molecule has 0 fully saturated rings. The second-order valence-electron chi connectivity index (χ2n) is 5.17. The zero-order chi connectivity index (χ0) is 15.8. The Morgan fingerprint density at radius 1 is 1.09 bits per heavy atom. The number of carbonyl (C=O) groups is 1. The van der Waals surface area contributed by atoms with E-state index >= 15 is 0 Å². The summed E-state index contributed by atoms with van der Waals surface area (Å²) in [6.45, 7) is 3.51. The highest BCUT2D eigenvalue weighted by molar-refractivity contribution is 9.10. The molecule has 2 rings (SSSR count). The van der Waals surface area contributed by atoms with Crippen LogP contribution in [0.2, 0.25) is 0 Å². The minimum Gasteiger partial charge on any atom is -0.320 e. The molecule has 0 saturated carbocycles. The monoisotopic (exact) mass is 360 g/mol. The highest BCUT2D eigenvalue weighted by Gasteiger charge is 2.14. The van der Waals surface area contributed by atoms with Crippen LogP contribution < -0.4 is 5.32 Å². The number of hydrogen-bond donors (Lipinski definition) is 1. The molecule has 0 spiro atoms. The highest BCUT2D eigenvalue weighted by atomic mass is 79.9. The Bertz CT molecular complexity index is 601. The van der Waals surface area contributed by atoms with Crippen LogP contribution in [-0.2, 0) is 6.54 Å². The molecule has 0 unspecified atom stereocenters. The molecule has 2 amide bonds. The summed E-state index contributed by atoms with van der Waals surface area (Å²) >= 11 is 3.46. The number of para-hydroxylation sites is 1.